The summed E-state index contributed by atoms with van der Waals surface area (Å²) in [5, 5.41) is 17.5. The van der Waals surface area contributed by atoms with Crippen LogP contribution in [0.5, 0.6) is 5.75 Å². The van der Waals surface area contributed by atoms with Crippen LogP contribution in [0.2, 0.25) is 0 Å². The summed E-state index contributed by atoms with van der Waals surface area (Å²) in [4.78, 5) is 23.2. The molecule has 2 atom stereocenters. The van der Waals surface area contributed by atoms with E-state index in [2.05, 4.69) is 16.0 Å². The third-order valence-electron chi connectivity index (χ3n) is 6.02. The molecule has 0 aliphatic heterocycles. The zero-order valence-electron chi connectivity index (χ0n) is 18.9. The van der Waals surface area contributed by atoms with Gasteiger partial charge in [-0.1, -0.05) is 18.2 Å². The summed E-state index contributed by atoms with van der Waals surface area (Å²) in [6.45, 7) is 0.835. The van der Waals surface area contributed by atoms with Gasteiger partial charge in [0.15, 0.2) is 11.6 Å². The summed E-state index contributed by atoms with van der Waals surface area (Å²) in [5.74, 6) is -0.266. The number of rotatable bonds is 11. The Bertz CT molecular complexity index is 936. The van der Waals surface area contributed by atoms with Gasteiger partial charge in [0, 0.05) is 24.7 Å². The van der Waals surface area contributed by atoms with Crippen molar-refractivity contribution in [1.82, 2.24) is 16.0 Å². The molecule has 2 aromatic rings. The van der Waals surface area contributed by atoms with Gasteiger partial charge in [-0.25, -0.2) is 4.39 Å². The van der Waals surface area contributed by atoms with E-state index in [9.17, 15) is 14.0 Å². The largest absolute Gasteiger partial charge is 0.494 e. The number of benzene rings is 2. The van der Waals surface area contributed by atoms with Gasteiger partial charge in [0.25, 0.3) is 5.91 Å². The minimum absolute atomic E-state index is 0.191. The molecule has 1 aliphatic carbocycles. The van der Waals surface area contributed by atoms with Crippen LogP contribution in [0.4, 0.5) is 4.39 Å². The Kier molecular flexibility index (Phi) is 9.21. The molecule has 0 saturated heterocycles. The third kappa shape index (κ3) is 7.27. The van der Waals surface area contributed by atoms with Crippen LogP contribution in [0.1, 0.15) is 46.7 Å². The Morgan fingerprint density at radius 2 is 1.82 bits per heavy atom. The predicted molar refractivity (Wildman–Crippen MR) is 124 cm³/mol. The van der Waals surface area contributed by atoms with Gasteiger partial charge in [-0.2, -0.15) is 0 Å². The van der Waals surface area contributed by atoms with Crippen LogP contribution in [0.25, 0.3) is 0 Å². The van der Waals surface area contributed by atoms with Gasteiger partial charge in [0.2, 0.25) is 5.91 Å². The molecule has 0 radical (unpaired) electrons. The molecule has 178 valence electrons. The SMILES string of the molecule is COc1cc(CCN[C@H]2CC[C@@H](c3ccc(C(=O)NCCNC(=O)CO)cc3)C2)ccc1F. The average molecular weight is 458 g/mol. The number of methoxy groups -OCH3 is 1. The Labute approximate surface area is 193 Å². The van der Waals surface area contributed by atoms with Gasteiger partial charge in [0.1, 0.15) is 6.61 Å². The maximum Gasteiger partial charge on any atom is 0.251 e. The van der Waals surface area contributed by atoms with Gasteiger partial charge in [0.05, 0.1) is 7.11 Å². The monoisotopic (exact) mass is 457 g/mol. The lowest BCUT2D eigenvalue weighted by molar-refractivity contribution is -0.123. The summed E-state index contributed by atoms with van der Waals surface area (Å²) in [7, 11) is 1.47. The number of nitrogens with one attached hydrogen (secondary N) is 3. The van der Waals surface area contributed by atoms with E-state index in [1.807, 2.05) is 24.3 Å². The molecule has 0 heterocycles. The fraction of sp³-hybridized carbons (Fsp3) is 0.440. The van der Waals surface area contributed by atoms with Crippen LogP contribution in [-0.2, 0) is 11.2 Å². The molecule has 1 aliphatic rings. The number of aliphatic hydroxyl groups excluding tert-OH is 1. The van der Waals surface area contributed by atoms with Crippen LogP contribution >= 0.6 is 0 Å². The van der Waals surface area contributed by atoms with Crippen molar-refractivity contribution in [2.75, 3.05) is 33.4 Å². The zero-order valence-corrected chi connectivity index (χ0v) is 18.9. The number of hydrogen-bond acceptors (Lipinski definition) is 5. The van der Waals surface area contributed by atoms with Crippen molar-refractivity contribution in [3.05, 3.63) is 65.0 Å². The molecule has 8 heteroatoms. The number of hydrogen-bond donors (Lipinski definition) is 4. The molecule has 2 amide bonds. The number of ether oxygens (including phenoxy) is 1. The molecular formula is C25H32FN3O4. The lowest BCUT2D eigenvalue weighted by Gasteiger charge is -2.14. The molecule has 3 rings (SSSR count). The average Bonchev–Trinajstić information content (AvgIpc) is 3.31. The van der Waals surface area contributed by atoms with Crippen molar-refractivity contribution in [2.45, 2.75) is 37.6 Å². The van der Waals surface area contributed by atoms with Gasteiger partial charge in [-0.05, 0) is 73.5 Å². The standard InChI is InChI=1S/C25H32FN3O4/c1-33-23-14-17(2-9-22(23)26)10-11-27-21-8-7-20(15-21)18-3-5-19(6-4-18)25(32)29-13-12-28-24(31)16-30/h2-6,9,14,20-21,27,30H,7-8,10-13,15-16H2,1H3,(H,28,31)(H,29,32)/t20-,21+/m1/s1. The third-order valence-corrected chi connectivity index (χ3v) is 6.02. The number of amides is 2. The molecule has 1 fully saturated rings. The van der Waals surface area contributed by atoms with E-state index in [1.165, 1.54) is 18.7 Å². The first-order valence-corrected chi connectivity index (χ1v) is 11.3. The normalized spacial score (nSPS) is 17.5. The molecule has 33 heavy (non-hydrogen) atoms. The highest BCUT2D eigenvalue weighted by atomic mass is 19.1. The molecule has 2 aromatic carbocycles. The van der Waals surface area contributed by atoms with E-state index in [1.54, 1.807) is 12.1 Å². The lowest BCUT2D eigenvalue weighted by atomic mass is 9.96. The van der Waals surface area contributed by atoms with Crippen molar-refractivity contribution in [1.29, 1.82) is 0 Å². The van der Waals surface area contributed by atoms with Crippen LogP contribution in [-0.4, -0.2) is 56.3 Å². The highest BCUT2D eigenvalue weighted by Gasteiger charge is 2.25. The second-order valence-corrected chi connectivity index (χ2v) is 8.27. The minimum Gasteiger partial charge on any atom is -0.494 e. The predicted octanol–water partition coefficient (Wildman–Crippen LogP) is 2.14. The zero-order chi connectivity index (χ0) is 23.6. The molecule has 0 unspecified atom stereocenters. The van der Waals surface area contributed by atoms with Crippen molar-refractivity contribution in [3.8, 4) is 5.75 Å². The highest BCUT2D eigenvalue weighted by molar-refractivity contribution is 5.94. The van der Waals surface area contributed by atoms with Crippen LogP contribution in [0.3, 0.4) is 0 Å². The summed E-state index contributed by atoms with van der Waals surface area (Å²) in [6.07, 6.45) is 4.05. The summed E-state index contributed by atoms with van der Waals surface area (Å²) in [5.41, 5.74) is 2.85. The first-order chi connectivity index (χ1) is 16.0. The van der Waals surface area contributed by atoms with Crippen molar-refractivity contribution < 1.29 is 23.8 Å². The number of carbonyl (C=O) groups excluding carboxylic acids is 2. The smallest absolute Gasteiger partial charge is 0.251 e. The molecule has 4 N–H and O–H groups in total. The fourth-order valence-electron chi connectivity index (χ4n) is 4.19. The maximum atomic E-state index is 13.5. The van der Waals surface area contributed by atoms with Crippen LogP contribution < -0.4 is 20.7 Å². The Morgan fingerprint density at radius 3 is 2.55 bits per heavy atom. The van der Waals surface area contributed by atoms with E-state index in [0.29, 0.717) is 24.1 Å². The summed E-state index contributed by atoms with van der Waals surface area (Å²) in [6, 6.07) is 13.1. The van der Waals surface area contributed by atoms with Crippen molar-refractivity contribution >= 4 is 11.8 Å². The van der Waals surface area contributed by atoms with Gasteiger partial charge >= 0.3 is 0 Å². The molecule has 0 aromatic heterocycles. The molecule has 1 saturated carbocycles. The topological polar surface area (TPSA) is 99.7 Å². The Morgan fingerprint density at radius 1 is 1.06 bits per heavy atom. The Balaban J connectivity index is 1.40. The highest BCUT2D eigenvalue weighted by Crippen LogP contribution is 2.34. The first-order valence-electron chi connectivity index (χ1n) is 11.3. The minimum atomic E-state index is -0.559. The number of carbonyl (C=O) groups is 2. The van der Waals surface area contributed by atoms with Gasteiger partial charge < -0.3 is 25.8 Å². The molecule has 0 spiro atoms. The second kappa shape index (κ2) is 12.3. The summed E-state index contributed by atoms with van der Waals surface area (Å²) >= 11 is 0. The quantitative estimate of drug-likeness (QED) is 0.388. The van der Waals surface area contributed by atoms with Gasteiger partial charge in [-0.15, -0.1) is 0 Å². The van der Waals surface area contributed by atoms with E-state index in [-0.39, 0.29) is 24.0 Å². The molecular weight excluding hydrogens is 425 g/mol. The van der Waals surface area contributed by atoms with E-state index < -0.39 is 12.5 Å². The molecule has 0 bridgehead atoms. The fourth-order valence-corrected chi connectivity index (χ4v) is 4.19. The maximum absolute atomic E-state index is 13.5. The van der Waals surface area contributed by atoms with E-state index in [4.69, 9.17) is 9.84 Å². The van der Waals surface area contributed by atoms with Gasteiger partial charge in [-0.3, -0.25) is 9.59 Å². The second-order valence-electron chi connectivity index (χ2n) is 8.27. The lowest BCUT2D eigenvalue weighted by Crippen LogP contribution is -2.35. The number of aliphatic hydroxyl groups is 1. The summed E-state index contributed by atoms with van der Waals surface area (Å²) < 4.78 is 18.6. The van der Waals surface area contributed by atoms with Crippen molar-refractivity contribution in [3.63, 3.8) is 0 Å². The Hall–Kier alpha value is -2.97. The van der Waals surface area contributed by atoms with E-state index >= 15 is 0 Å². The van der Waals surface area contributed by atoms with Crippen LogP contribution in [0, 0.1) is 5.82 Å². The molecule has 7 nitrogen and oxygen atoms in total. The number of halogens is 1. The van der Waals surface area contributed by atoms with Crippen molar-refractivity contribution in [2.24, 2.45) is 0 Å². The first kappa shape index (κ1) is 24.7. The van der Waals surface area contributed by atoms with Crippen LogP contribution in [0.15, 0.2) is 42.5 Å². The van der Waals surface area contributed by atoms with E-state index in [0.717, 1.165) is 37.8 Å².